The average Bonchev–Trinajstić information content (AvgIpc) is 2.55. The van der Waals surface area contributed by atoms with Gasteiger partial charge in [0, 0.05) is 11.1 Å². The average molecular weight is 257 g/mol. The van der Waals surface area contributed by atoms with Crippen molar-refractivity contribution in [1.29, 1.82) is 0 Å². The molecular formula is C19H15N. The number of benzene rings is 3. The van der Waals surface area contributed by atoms with Gasteiger partial charge in [0.2, 0.25) is 0 Å². The van der Waals surface area contributed by atoms with Crippen molar-refractivity contribution in [2.45, 2.75) is 0 Å². The van der Waals surface area contributed by atoms with Gasteiger partial charge in [-0.25, -0.2) is 4.99 Å². The van der Waals surface area contributed by atoms with Gasteiger partial charge in [0.05, 0.1) is 11.4 Å². The first kappa shape index (κ1) is 12.4. The van der Waals surface area contributed by atoms with Gasteiger partial charge in [-0.1, -0.05) is 78.9 Å². The third kappa shape index (κ3) is 2.83. The minimum Gasteiger partial charge on any atom is -0.248 e. The fourth-order valence-corrected chi connectivity index (χ4v) is 2.12. The highest BCUT2D eigenvalue weighted by atomic mass is 14.7. The molecule has 0 spiro atoms. The highest BCUT2D eigenvalue weighted by Crippen LogP contribution is 2.17. The third-order valence-electron chi connectivity index (χ3n) is 3.09. The van der Waals surface area contributed by atoms with Crippen LogP contribution in [0.15, 0.2) is 96.0 Å². The van der Waals surface area contributed by atoms with Crippen molar-refractivity contribution < 1.29 is 0 Å². The summed E-state index contributed by atoms with van der Waals surface area (Å²) >= 11 is 0. The zero-order valence-electron chi connectivity index (χ0n) is 11.1. The summed E-state index contributed by atoms with van der Waals surface area (Å²) < 4.78 is 0. The van der Waals surface area contributed by atoms with Crippen LogP contribution in [0, 0.1) is 0 Å². The monoisotopic (exact) mass is 257 g/mol. The molecule has 3 aromatic carbocycles. The molecule has 0 aliphatic rings. The molecule has 0 saturated carbocycles. The van der Waals surface area contributed by atoms with Crippen LogP contribution in [-0.4, -0.2) is 5.71 Å². The fourth-order valence-electron chi connectivity index (χ4n) is 2.12. The Balaban J connectivity index is 2.12. The molecule has 3 aromatic rings. The van der Waals surface area contributed by atoms with Crippen LogP contribution in [-0.2, 0) is 0 Å². The Morgan fingerprint density at radius 3 is 1.35 bits per heavy atom. The first-order valence-electron chi connectivity index (χ1n) is 6.68. The van der Waals surface area contributed by atoms with E-state index in [2.05, 4.69) is 24.3 Å². The molecule has 0 fully saturated rings. The summed E-state index contributed by atoms with van der Waals surface area (Å²) in [6.45, 7) is 0. The standard InChI is InChI=1S/C19H15N/c1-4-10-16(11-5-1)19(17-12-6-2-7-13-17)20-18-14-8-3-9-15-18/h1-15H. The Labute approximate surface area is 119 Å². The topological polar surface area (TPSA) is 12.4 Å². The lowest BCUT2D eigenvalue weighted by molar-refractivity contribution is 1.47. The molecule has 0 saturated heterocycles. The second-order valence-corrected chi connectivity index (χ2v) is 4.53. The maximum absolute atomic E-state index is 4.82. The predicted molar refractivity (Wildman–Crippen MR) is 84.6 cm³/mol. The van der Waals surface area contributed by atoms with E-state index in [-0.39, 0.29) is 0 Å². The molecule has 1 nitrogen and oxygen atoms in total. The summed E-state index contributed by atoms with van der Waals surface area (Å²) in [6, 6.07) is 30.6. The summed E-state index contributed by atoms with van der Waals surface area (Å²) in [6.07, 6.45) is 0. The lowest BCUT2D eigenvalue weighted by atomic mass is 10.0. The molecular weight excluding hydrogens is 242 g/mol. The normalized spacial score (nSPS) is 10.0. The SMILES string of the molecule is c1ccc(N=C(c2ccccc2)c2ccccc2)cc1. The van der Waals surface area contributed by atoms with Crippen molar-refractivity contribution in [3.8, 4) is 0 Å². The highest BCUT2D eigenvalue weighted by Gasteiger charge is 2.06. The molecule has 0 aromatic heterocycles. The van der Waals surface area contributed by atoms with Gasteiger partial charge in [0.25, 0.3) is 0 Å². The van der Waals surface area contributed by atoms with Gasteiger partial charge in [-0.3, -0.25) is 0 Å². The number of nitrogens with zero attached hydrogens (tertiary/aromatic N) is 1. The molecule has 0 bridgehead atoms. The summed E-state index contributed by atoms with van der Waals surface area (Å²) in [7, 11) is 0. The maximum Gasteiger partial charge on any atom is 0.0781 e. The molecule has 0 heterocycles. The first-order valence-corrected chi connectivity index (χ1v) is 6.68. The molecule has 0 amide bonds. The fraction of sp³-hybridized carbons (Fsp3) is 0. The van der Waals surface area contributed by atoms with E-state index in [0.29, 0.717) is 0 Å². The van der Waals surface area contributed by atoms with Gasteiger partial charge >= 0.3 is 0 Å². The van der Waals surface area contributed by atoms with Crippen LogP contribution < -0.4 is 0 Å². The molecule has 3 rings (SSSR count). The molecule has 0 atom stereocenters. The van der Waals surface area contributed by atoms with Gasteiger partial charge in [-0.05, 0) is 12.1 Å². The second kappa shape index (κ2) is 5.98. The van der Waals surface area contributed by atoms with Gasteiger partial charge in [0.1, 0.15) is 0 Å². The van der Waals surface area contributed by atoms with Gasteiger partial charge < -0.3 is 0 Å². The van der Waals surface area contributed by atoms with Gasteiger partial charge in [-0.2, -0.15) is 0 Å². The van der Waals surface area contributed by atoms with Crippen LogP contribution in [0.25, 0.3) is 0 Å². The largest absolute Gasteiger partial charge is 0.248 e. The van der Waals surface area contributed by atoms with E-state index in [0.717, 1.165) is 22.5 Å². The molecule has 0 aliphatic carbocycles. The van der Waals surface area contributed by atoms with Crippen LogP contribution in [0.1, 0.15) is 11.1 Å². The predicted octanol–water partition coefficient (Wildman–Crippen LogP) is 4.86. The van der Waals surface area contributed by atoms with E-state index in [1.165, 1.54) is 0 Å². The first-order chi connectivity index (χ1) is 9.93. The summed E-state index contributed by atoms with van der Waals surface area (Å²) in [4.78, 5) is 4.82. The molecule has 1 heteroatoms. The van der Waals surface area contributed by atoms with E-state index in [1.54, 1.807) is 0 Å². The van der Waals surface area contributed by atoms with Crippen molar-refractivity contribution >= 4 is 11.4 Å². The second-order valence-electron chi connectivity index (χ2n) is 4.53. The van der Waals surface area contributed by atoms with Crippen molar-refractivity contribution in [2.75, 3.05) is 0 Å². The van der Waals surface area contributed by atoms with Crippen LogP contribution in [0.3, 0.4) is 0 Å². The summed E-state index contributed by atoms with van der Waals surface area (Å²) in [5.74, 6) is 0. The Morgan fingerprint density at radius 1 is 0.500 bits per heavy atom. The summed E-state index contributed by atoms with van der Waals surface area (Å²) in [5.41, 5.74) is 4.22. The van der Waals surface area contributed by atoms with Crippen LogP contribution in [0.5, 0.6) is 0 Å². The van der Waals surface area contributed by atoms with E-state index in [9.17, 15) is 0 Å². The minimum absolute atomic E-state index is 0.968. The number of rotatable bonds is 3. The Hall–Kier alpha value is -2.67. The third-order valence-corrected chi connectivity index (χ3v) is 3.09. The Morgan fingerprint density at radius 2 is 0.900 bits per heavy atom. The van der Waals surface area contributed by atoms with Crippen LogP contribution >= 0.6 is 0 Å². The zero-order chi connectivity index (χ0) is 13.6. The number of para-hydroxylation sites is 1. The molecule has 20 heavy (non-hydrogen) atoms. The lowest BCUT2D eigenvalue weighted by Gasteiger charge is -2.07. The smallest absolute Gasteiger partial charge is 0.0781 e. The zero-order valence-corrected chi connectivity index (χ0v) is 11.1. The number of hydrogen-bond acceptors (Lipinski definition) is 1. The van der Waals surface area contributed by atoms with Crippen molar-refractivity contribution in [3.05, 3.63) is 102 Å². The quantitative estimate of drug-likeness (QED) is 0.594. The van der Waals surface area contributed by atoms with Crippen molar-refractivity contribution in [2.24, 2.45) is 4.99 Å². The van der Waals surface area contributed by atoms with Gasteiger partial charge in [0.15, 0.2) is 0 Å². The molecule has 0 unspecified atom stereocenters. The molecule has 0 radical (unpaired) electrons. The van der Waals surface area contributed by atoms with E-state index >= 15 is 0 Å². The van der Waals surface area contributed by atoms with E-state index < -0.39 is 0 Å². The Bertz CT molecular complexity index is 644. The van der Waals surface area contributed by atoms with Crippen molar-refractivity contribution in [3.63, 3.8) is 0 Å². The molecule has 0 aliphatic heterocycles. The molecule has 96 valence electrons. The Kier molecular flexibility index (Phi) is 3.70. The van der Waals surface area contributed by atoms with Crippen LogP contribution in [0.2, 0.25) is 0 Å². The molecule has 0 N–H and O–H groups in total. The lowest BCUT2D eigenvalue weighted by Crippen LogP contribution is -2.02. The minimum atomic E-state index is 0.968. The van der Waals surface area contributed by atoms with Crippen molar-refractivity contribution in [1.82, 2.24) is 0 Å². The number of aliphatic imine (C=N–C) groups is 1. The van der Waals surface area contributed by atoms with Gasteiger partial charge in [-0.15, -0.1) is 0 Å². The number of hydrogen-bond donors (Lipinski definition) is 0. The maximum atomic E-state index is 4.82. The van der Waals surface area contributed by atoms with E-state index in [4.69, 9.17) is 4.99 Å². The highest BCUT2D eigenvalue weighted by molar-refractivity contribution is 6.13. The summed E-state index contributed by atoms with van der Waals surface area (Å²) in [5, 5.41) is 0. The van der Waals surface area contributed by atoms with E-state index in [1.807, 2.05) is 66.7 Å². The van der Waals surface area contributed by atoms with Crippen LogP contribution in [0.4, 0.5) is 5.69 Å².